The fraction of sp³-hybridized carbons (Fsp3) is 0.222. The van der Waals surface area contributed by atoms with Crippen molar-refractivity contribution in [2.75, 3.05) is 0 Å². The van der Waals surface area contributed by atoms with E-state index in [1.54, 1.807) is 6.92 Å². The van der Waals surface area contributed by atoms with Gasteiger partial charge in [-0.15, -0.1) is 11.3 Å². The molecule has 0 aromatic carbocycles. The maximum absolute atomic E-state index is 12.3. The van der Waals surface area contributed by atoms with E-state index in [-0.39, 0.29) is 9.90 Å². The van der Waals surface area contributed by atoms with Crippen LogP contribution >= 0.6 is 23.1 Å². The summed E-state index contributed by atoms with van der Waals surface area (Å²) in [6.45, 7) is 1.57. The summed E-state index contributed by atoms with van der Waals surface area (Å²) < 4.78 is 24.7. The number of aryl methyl sites for hydroxylation is 1. The Morgan fingerprint density at radius 2 is 2.24 bits per heavy atom. The Kier molecular flexibility index (Phi) is 3.25. The smallest absolute Gasteiger partial charge is 0.346 e. The van der Waals surface area contributed by atoms with Crippen LogP contribution in [0.25, 0.3) is 10.2 Å². The number of alkyl halides is 2. The van der Waals surface area contributed by atoms with E-state index in [0.717, 1.165) is 17.7 Å². The molecule has 0 fully saturated rings. The van der Waals surface area contributed by atoms with Gasteiger partial charge in [0.05, 0.1) is 0 Å². The van der Waals surface area contributed by atoms with Crippen LogP contribution in [0, 0.1) is 6.92 Å². The van der Waals surface area contributed by atoms with Crippen molar-refractivity contribution in [1.82, 2.24) is 9.97 Å². The van der Waals surface area contributed by atoms with Crippen LogP contribution in [0.5, 0.6) is 0 Å². The quantitative estimate of drug-likeness (QED) is 0.689. The van der Waals surface area contributed by atoms with Crippen molar-refractivity contribution in [3.05, 3.63) is 16.8 Å². The lowest BCUT2D eigenvalue weighted by molar-refractivity contribution is 0.0701. The lowest BCUT2D eigenvalue weighted by Crippen LogP contribution is -1.94. The standard InChI is InChI=1S/C9H6F2N2O2S2/c1-3-4-6(16-5(3)8(14)15)12-2-13-7(4)17-9(10)11/h2,9H,1H3,(H,14,15). The minimum absolute atomic E-state index is 0.108. The number of rotatable bonds is 3. The molecule has 0 spiro atoms. The molecule has 0 saturated carbocycles. The van der Waals surface area contributed by atoms with Crippen molar-refractivity contribution in [3.63, 3.8) is 0 Å². The molecule has 2 heterocycles. The molecule has 8 heteroatoms. The topological polar surface area (TPSA) is 63.1 Å². The van der Waals surface area contributed by atoms with Gasteiger partial charge in [-0.25, -0.2) is 14.8 Å². The summed E-state index contributed by atoms with van der Waals surface area (Å²) in [5.74, 6) is -3.68. The van der Waals surface area contributed by atoms with Crippen molar-refractivity contribution in [3.8, 4) is 0 Å². The van der Waals surface area contributed by atoms with Crippen LogP contribution < -0.4 is 0 Å². The molecule has 0 amide bonds. The molecule has 0 aliphatic carbocycles. The molecular weight excluding hydrogens is 270 g/mol. The van der Waals surface area contributed by atoms with Crippen LogP contribution in [0.3, 0.4) is 0 Å². The van der Waals surface area contributed by atoms with Gasteiger partial charge in [-0.3, -0.25) is 0 Å². The Labute approximate surface area is 103 Å². The number of aromatic carboxylic acids is 1. The SMILES string of the molecule is Cc1c(C(=O)O)sc2ncnc(SC(F)F)c12. The average Bonchev–Trinajstić information content (AvgIpc) is 2.56. The molecule has 0 radical (unpaired) electrons. The Morgan fingerprint density at radius 3 is 2.82 bits per heavy atom. The molecule has 1 N–H and O–H groups in total. The van der Waals surface area contributed by atoms with Crippen molar-refractivity contribution in [2.24, 2.45) is 0 Å². The van der Waals surface area contributed by atoms with Gasteiger partial charge < -0.3 is 5.11 Å². The zero-order valence-electron chi connectivity index (χ0n) is 8.48. The second-order valence-corrected chi connectivity index (χ2v) is 5.08. The van der Waals surface area contributed by atoms with Gasteiger partial charge in [0.25, 0.3) is 5.76 Å². The highest BCUT2D eigenvalue weighted by molar-refractivity contribution is 7.99. The Hall–Kier alpha value is -1.28. The molecular formula is C9H6F2N2O2S2. The van der Waals surface area contributed by atoms with Gasteiger partial charge in [0, 0.05) is 5.39 Å². The minimum Gasteiger partial charge on any atom is -0.477 e. The van der Waals surface area contributed by atoms with Crippen molar-refractivity contribution < 1.29 is 18.7 Å². The van der Waals surface area contributed by atoms with E-state index in [4.69, 9.17) is 5.11 Å². The normalized spacial score (nSPS) is 11.3. The van der Waals surface area contributed by atoms with E-state index < -0.39 is 11.7 Å². The predicted molar refractivity (Wildman–Crippen MR) is 61.0 cm³/mol. The molecule has 4 nitrogen and oxygen atoms in total. The number of halogens is 2. The van der Waals surface area contributed by atoms with Crippen LogP contribution in [-0.4, -0.2) is 26.8 Å². The first kappa shape index (κ1) is 12.2. The van der Waals surface area contributed by atoms with E-state index in [0.29, 0.717) is 27.5 Å². The van der Waals surface area contributed by atoms with Crippen molar-refractivity contribution in [2.45, 2.75) is 17.7 Å². The number of thiophene rings is 1. The molecule has 0 atom stereocenters. The third kappa shape index (κ3) is 2.22. The number of carboxylic acid groups (broad SMARTS) is 1. The number of nitrogens with zero attached hydrogens (tertiary/aromatic N) is 2. The largest absolute Gasteiger partial charge is 0.477 e. The Bertz CT molecular complexity index is 586. The average molecular weight is 276 g/mol. The summed E-state index contributed by atoms with van der Waals surface area (Å²) >= 11 is 1.26. The van der Waals surface area contributed by atoms with E-state index >= 15 is 0 Å². The second kappa shape index (κ2) is 4.53. The third-order valence-corrected chi connectivity index (χ3v) is 3.99. The maximum atomic E-state index is 12.3. The van der Waals surface area contributed by atoms with Crippen molar-refractivity contribution >= 4 is 39.3 Å². The Morgan fingerprint density at radius 1 is 1.53 bits per heavy atom. The first-order valence-electron chi connectivity index (χ1n) is 4.43. The molecule has 0 unspecified atom stereocenters. The highest BCUT2D eigenvalue weighted by Gasteiger charge is 2.20. The summed E-state index contributed by atoms with van der Waals surface area (Å²) in [6, 6.07) is 0. The molecule has 0 saturated heterocycles. The molecule has 90 valence electrons. The fourth-order valence-corrected chi connectivity index (χ4v) is 3.11. The van der Waals surface area contributed by atoms with Crippen molar-refractivity contribution in [1.29, 1.82) is 0 Å². The van der Waals surface area contributed by atoms with Crippen LogP contribution in [-0.2, 0) is 0 Å². The summed E-state index contributed by atoms with van der Waals surface area (Å²) in [5, 5.41) is 9.47. The zero-order chi connectivity index (χ0) is 12.6. The number of fused-ring (bicyclic) bond motifs is 1. The zero-order valence-corrected chi connectivity index (χ0v) is 10.1. The summed E-state index contributed by atoms with van der Waals surface area (Å²) in [5.41, 5.74) is 0.432. The first-order chi connectivity index (χ1) is 8.00. The van der Waals surface area contributed by atoms with Crippen LogP contribution in [0.4, 0.5) is 8.78 Å². The maximum Gasteiger partial charge on any atom is 0.346 e. The molecule has 17 heavy (non-hydrogen) atoms. The first-order valence-corrected chi connectivity index (χ1v) is 6.12. The predicted octanol–water partition coefficient (Wildman–Crippen LogP) is 3.01. The van der Waals surface area contributed by atoms with E-state index in [1.165, 1.54) is 0 Å². The number of hydrogen-bond acceptors (Lipinski definition) is 5. The summed E-state index contributed by atoms with van der Waals surface area (Å²) in [4.78, 5) is 19.1. The van der Waals surface area contributed by atoms with Crippen LogP contribution in [0.2, 0.25) is 0 Å². The number of thioether (sulfide) groups is 1. The van der Waals surface area contributed by atoms with E-state index in [9.17, 15) is 13.6 Å². The minimum atomic E-state index is -2.60. The highest BCUT2D eigenvalue weighted by Crippen LogP contribution is 2.36. The second-order valence-electron chi connectivity index (χ2n) is 3.10. The lowest BCUT2D eigenvalue weighted by atomic mass is 10.2. The third-order valence-electron chi connectivity index (χ3n) is 2.09. The molecule has 2 aromatic rings. The van der Waals surface area contributed by atoms with Gasteiger partial charge in [0.15, 0.2) is 0 Å². The lowest BCUT2D eigenvalue weighted by Gasteiger charge is -2.01. The number of carbonyl (C=O) groups is 1. The summed E-state index contributed by atoms with van der Waals surface area (Å²) in [6.07, 6.45) is 1.16. The number of carboxylic acids is 1. The van der Waals surface area contributed by atoms with E-state index in [2.05, 4.69) is 9.97 Å². The van der Waals surface area contributed by atoms with Gasteiger partial charge in [0.1, 0.15) is 21.1 Å². The van der Waals surface area contributed by atoms with Gasteiger partial charge >= 0.3 is 5.97 Å². The molecule has 0 bridgehead atoms. The van der Waals surface area contributed by atoms with Gasteiger partial charge in [-0.2, -0.15) is 8.78 Å². The van der Waals surface area contributed by atoms with Gasteiger partial charge in [-0.05, 0) is 24.2 Å². The Balaban J connectivity index is 2.66. The summed E-state index contributed by atoms with van der Waals surface area (Å²) in [7, 11) is 0. The number of hydrogen-bond donors (Lipinski definition) is 1. The number of aromatic nitrogens is 2. The van der Waals surface area contributed by atoms with Crippen LogP contribution in [0.15, 0.2) is 11.4 Å². The molecule has 0 aliphatic heterocycles. The molecule has 0 aliphatic rings. The fourth-order valence-electron chi connectivity index (χ4n) is 1.42. The van der Waals surface area contributed by atoms with Crippen LogP contribution in [0.1, 0.15) is 15.2 Å². The van der Waals surface area contributed by atoms with Gasteiger partial charge in [0.2, 0.25) is 0 Å². The molecule has 2 rings (SSSR count). The monoisotopic (exact) mass is 276 g/mol. The highest BCUT2D eigenvalue weighted by atomic mass is 32.2. The van der Waals surface area contributed by atoms with Gasteiger partial charge in [-0.1, -0.05) is 0 Å². The van der Waals surface area contributed by atoms with E-state index in [1.807, 2.05) is 0 Å². The molecule has 2 aromatic heterocycles.